The van der Waals surface area contributed by atoms with Gasteiger partial charge in [-0.15, -0.1) is 0 Å². The Morgan fingerprint density at radius 1 is 0.647 bits per heavy atom. The summed E-state index contributed by atoms with van der Waals surface area (Å²) in [5.41, 5.74) is 2.82. The van der Waals surface area contributed by atoms with Gasteiger partial charge in [-0.05, 0) is 47.9 Å². The van der Waals surface area contributed by atoms with Crippen molar-refractivity contribution in [3.8, 4) is 11.1 Å². The van der Waals surface area contributed by atoms with Gasteiger partial charge in [0.2, 0.25) is 0 Å². The van der Waals surface area contributed by atoms with Crippen molar-refractivity contribution in [1.82, 2.24) is 10.6 Å². The van der Waals surface area contributed by atoms with Crippen molar-refractivity contribution >= 4 is 11.8 Å². The molecule has 0 heterocycles. The third kappa shape index (κ3) is 8.30. The number of benzene rings is 2. The Morgan fingerprint density at radius 2 is 1.03 bits per heavy atom. The highest BCUT2D eigenvalue weighted by Crippen LogP contribution is 2.27. The summed E-state index contributed by atoms with van der Waals surface area (Å²) < 4.78 is 0. The van der Waals surface area contributed by atoms with Crippen molar-refractivity contribution in [1.29, 1.82) is 0 Å². The molecule has 186 valence electrons. The first-order chi connectivity index (χ1) is 16.5. The molecule has 2 rings (SSSR count). The van der Waals surface area contributed by atoms with Gasteiger partial charge in [-0.3, -0.25) is 9.59 Å². The molecule has 0 aliphatic carbocycles. The van der Waals surface area contributed by atoms with Crippen molar-refractivity contribution < 1.29 is 9.59 Å². The Kier molecular flexibility index (Phi) is 12.4. The highest BCUT2D eigenvalue weighted by atomic mass is 16.2. The molecule has 0 saturated carbocycles. The van der Waals surface area contributed by atoms with Crippen LogP contribution in [0.1, 0.15) is 99.8 Å². The van der Waals surface area contributed by atoms with Crippen molar-refractivity contribution in [2.24, 2.45) is 11.8 Å². The van der Waals surface area contributed by atoms with Crippen LogP contribution in [0.5, 0.6) is 0 Å². The average molecular weight is 465 g/mol. The smallest absolute Gasteiger partial charge is 0.251 e. The van der Waals surface area contributed by atoms with Crippen LogP contribution in [0.3, 0.4) is 0 Å². The maximum atomic E-state index is 13.2. The predicted molar refractivity (Wildman–Crippen MR) is 143 cm³/mol. The molecule has 4 nitrogen and oxygen atoms in total. The summed E-state index contributed by atoms with van der Waals surface area (Å²) in [6, 6.07) is 15.2. The van der Waals surface area contributed by atoms with Gasteiger partial charge in [-0.2, -0.15) is 0 Å². The minimum atomic E-state index is -0.0774. The lowest BCUT2D eigenvalue weighted by molar-refractivity contribution is 0.0936. The maximum absolute atomic E-state index is 13.2. The molecule has 4 heteroatoms. The van der Waals surface area contributed by atoms with Crippen LogP contribution in [0.15, 0.2) is 48.5 Å². The zero-order valence-corrected chi connectivity index (χ0v) is 21.7. The quantitative estimate of drug-likeness (QED) is 0.292. The second-order valence-corrected chi connectivity index (χ2v) is 9.34. The zero-order valence-electron chi connectivity index (χ0n) is 21.7. The minimum Gasteiger partial charge on any atom is -0.352 e. The Morgan fingerprint density at radius 3 is 1.38 bits per heavy atom. The Hall–Kier alpha value is -2.62. The molecule has 2 N–H and O–H groups in total. The summed E-state index contributed by atoms with van der Waals surface area (Å²) in [7, 11) is 0. The van der Waals surface area contributed by atoms with Gasteiger partial charge in [0.1, 0.15) is 0 Å². The number of hydrogen-bond donors (Lipinski definition) is 2. The monoisotopic (exact) mass is 464 g/mol. The maximum Gasteiger partial charge on any atom is 0.251 e. The number of carbonyl (C=O) groups excluding carboxylic acids is 2. The average Bonchev–Trinajstić information content (AvgIpc) is 2.88. The molecular weight excluding hydrogens is 420 g/mol. The molecule has 2 aromatic carbocycles. The van der Waals surface area contributed by atoms with Gasteiger partial charge in [0.15, 0.2) is 0 Å². The predicted octanol–water partition coefficient (Wildman–Crippen LogP) is 7.25. The van der Waals surface area contributed by atoms with Crippen molar-refractivity contribution in [2.45, 2.75) is 79.1 Å². The van der Waals surface area contributed by atoms with E-state index < -0.39 is 0 Å². The largest absolute Gasteiger partial charge is 0.352 e. The lowest BCUT2D eigenvalue weighted by atomic mass is 9.94. The van der Waals surface area contributed by atoms with Crippen LogP contribution < -0.4 is 10.6 Å². The lowest BCUT2D eigenvalue weighted by Crippen LogP contribution is -2.30. The fourth-order valence-corrected chi connectivity index (χ4v) is 4.38. The van der Waals surface area contributed by atoms with Gasteiger partial charge in [0, 0.05) is 24.2 Å². The third-order valence-electron chi connectivity index (χ3n) is 6.82. The van der Waals surface area contributed by atoms with Crippen LogP contribution in [-0.2, 0) is 0 Å². The Balaban J connectivity index is 2.19. The fraction of sp³-hybridized carbons (Fsp3) is 0.533. The third-order valence-corrected chi connectivity index (χ3v) is 6.82. The molecule has 34 heavy (non-hydrogen) atoms. The Bertz CT molecular complexity index is 819. The van der Waals surface area contributed by atoms with E-state index in [-0.39, 0.29) is 11.8 Å². The molecule has 0 aliphatic rings. The van der Waals surface area contributed by atoms with E-state index in [0.29, 0.717) is 36.1 Å². The molecule has 2 atom stereocenters. The first kappa shape index (κ1) is 27.6. The molecular formula is C30H44N2O2. The molecule has 0 bridgehead atoms. The fourth-order valence-electron chi connectivity index (χ4n) is 4.38. The highest BCUT2D eigenvalue weighted by Gasteiger charge is 2.19. The van der Waals surface area contributed by atoms with Crippen molar-refractivity contribution in [3.05, 3.63) is 59.7 Å². The van der Waals surface area contributed by atoms with Crippen LogP contribution in [-0.4, -0.2) is 24.9 Å². The summed E-state index contributed by atoms with van der Waals surface area (Å²) in [5.74, 6) is 0.833. The molecule has 2 amide bonds. The minimum absolute atomic E-state index is 0.0774. The van der Waals surface area contributed by atoms with E-state index in [4.69, 9.17) is 0 Å². The van der Waals surface area contributed by atoms with E-state index in [1.807, 2.05) is 48.5 Å². The summed E-state index contributed by atoms with van der Waals surface area (Å²) >= 11 is 0. The topological polar surface area (TPSA) is 58.2 Å². The number of hydrogen-bond acceptors (Lipinski definition) is 2. The van der Waals surface area contributed by atoms with Crippen molar-refractivity contribution in [3.63, 3.8) is 0 Å². The number of unbranched alkanes of at least 4 members (excludes halogenated alkanes) is 2. The van der Waals surface area contributed by atoms with E-state index in [9.17, 15) is 9.59 Å². The van der Waals surface area contributed by atoms with Crippen LogP contribution in [0.2, 0.25) is 0 Å². The summed E-state index contributed by atoms with van der Waals surface area (Å²) in [6.07, 6.45) is 9.09. The van der Waals surface area contributed by atoms with Crippen molar-refractivity contribution in [2.75, 3.05) is 13.1 Å². The van der Waals surface area contributed by atoms with Gasteiger partial charge in [-0.1, -0.05) is 103 Å². The van der Waals surface area contributed by atoms with E-state index in [0.717, 1.165) is 36.8 Å². The zero-order chi connectivity index (χ0) is 24.8. The molecule has 0 radical (unpaired) electrons. The number of nitrogens with one attached hydrogen (secondary N) is 2. The number of carbonyl (C=O) groups is 2. The Labute approximate surface area is 206 Å². The number of rotatable bonds is 15. The molecule has 2 unspecified atom stereocenters. The summed E-state index contributed by atoms with van der Waals surface area (Å²) in [6.45, 7) is 10.1. The first-order valence-electron chi connectivity index (χ1n) is 13.3. The summed E-state index contributed by atoms with van der Waals surface area (Å²) in [4.78, 5) is 26.3. The molecule has 0 aliphatic heterocycles. The molecule has 0 aromatic heterocycles. The van der Waals surface area contributed by atoms with Gasteiger partial charge >= 0.3 is 0 Å². The van der Waals surface area contributed by atoms with Gasteiger partial charge in [-0.25, -0.2) is 0 Å². The molecule has 0 saturated heterocycles. The van der Waals surface area contributed by atoms with Gasteiger partial charge in [0.25, 0.3) is 11.8 Å². The highest BCUT2D eigenvalue weighted by molar-refractivity contribution is 6.06. The molecule has 0 fully saturated rings. The summed E-state index contributed by atoms with van der Waals surface area (Å²) in [5, 5.41) is 6.29. The normalized spacial score (nSPS) is 12.7. The van der Waals surface area contributed by atoms with Crippen LogP contribution >= 0.6 is 0 Å². The van der Waals surface area contributed by atoms with Crippen LogP contribution in [0, 0.1) is 11.8 Å². The first-order valence-corrected chi connectivity index (χ1v) is 13.3. The van der Waals surface area contributed by atoms with Gasteiger partial charge < -0.3 is 10.6 Å². The molecule has 2 aromatic rings. The lowest BCUT2D eigenvalue weighted by Gasteiger charge is -2.18. The second-order valence-electron chi connectivity index (χ2n) is 9.34. The number of amides is 2. The van der Waals surface area contributed by atoms with E-state index in [2.05, 4.69) is 38.3 Å². The van der Waals surface area contributed by atoms with Gasteiger partial charge in [0.05, 0.1) is 0 Å². The second kappa shape index (κ2) is 15.3. The standard InChI is InChI=1S/C30H44N2O2/c1-5-9-15-23(7-3)21-31-29(33)27-19-13-11-17-25(27)26-18-12-14-20-28(26)30(34)32-22-24(8-4)16-10-6-2/h11-14,17-20,23-24H,5-10,15-16,21-22H2,1-4H3,(H,31,33)(H,32,34). The van der Waals surface area contributed by atoms with E-state index in [1.165, 1.54) is 25.7 Å². The van der Waals surface area contributed by atoms with E-state index in [1.54, 1.807) is 0 Å². The molecule has 0 spiro atoms. The van der Waals surface area contributed by atoms with Crippen LogP contribution in [0.4, 0.5) is 0 Å². The SMILES string of the molecule is CCCCC(CC)CNC(=O)c1ccccc1-c1ccccc1C(=O)NCC(CC)CCCC. The van der Waals surface area contributed by atoms with Crippen LogP contribution in [0.25, 0.3) is 11.1 Å². The van der Waals surface area contributed by atoms with E-state index >= 15 is 0 Å².